The van der Waals surface area contributed by atoms with Crippen molar-refractivity contribution < 1.29 is 14.9 Å². The first-order chi connectivity index (χ1) is 4.72. The van der Waals surface area contributed by atoms with Crippen molar-refractivity contribution in [2.45, 2.75) is 25.7 Å². The predicted molar refractivity (Wildman–Crippen MR) is 38.5 cm³/mol. The van der Waals surface area contributed by atoms with E-state index in [1.165, 1.54) is 6.08 Å². The summed E-state index contributed by atoms with van der Waals surface area (Å²) in [4.78, 5) is 0. The van der Waals surface area contributed by atoms with Gasteiger partial charge in [0.1, 0.15) is 6.10 Å². The molecule has 0 fully saturated rings. The Hall–Kier alpha value is -0.380. The Morgan fingerprint density at radius 2 is 2.20 bits per heavy atom. The van der Waals surface area contributed by atoms with Crippen LogP contribution in [0.1, 0.15) is 13.3 Å². The van der Waals surface area contributed by atoms with Gasteiger partial charge in [0.2, 0.25) is 0 Å². The van der Waals surface area contributed by atoms with Gasteiger partial charge in [-0.15, -0.1) is 6.58 Å². The summed E-state index contributed by atoms with van der Waals surface area (Å²) in [5.41, 5.74) is 0. The first-order valence-electron chi connectivity index (χ1n) is 3.31. The van der Waals surface area contributed by atoms with Crippen LogP contribution in [-0.2, 0) is 4.74 Å². The predicted octanol–water partition coefficient (Wildman–Crippen LogP) is 0.278. The van der Waals surface area contributed by atoms with Gasteiger partial charge in [-0.25, -0.2) is 0 Å². The van der Waals surface area contributed by atoms with E-state index in [1.807, 2.05) is 0 Å². The molecule has 2 N–H and O–H groups in total. The van der Waals surface area contributed by atoms with E-state index in [0.717, 1.165) is 0 Å². The molecule has 2 unspecified atom stereocenters. The summed E-state index contributed by atoms with van der Waals surface area (Å²) in [5.74, 6) is 0. The summed E-state index contributed by atoms with van der Waals surface area (Å²) < 4.78 is 4.73. The van der Waals surface area contributed by atoms with Crippen LogP contribution >= 0.6 is 0 Å². The lowest BCUT2D eigenvalue weighted by Crippen LogP contribution is -2.27. The minimum absolute atomic E-state index is 0.262. The van der Waals surface area contributed by atoms with Crippen molar-refractivity contribution >= 4 is 0 Å². The molecule has 0 radical (unpaired) electrons. The minimum atomic E-state index is -1.08. The molecule has 10 heavy (non-hydrogen) atoms. The van der Waals surface area contributed by atoms with Crippen LogP contribution in [0.25, 0.3) is 0 Å². The van der Waals surface area contributed by atoms with E-state index in [4.69, 9.17) is 14.9 Å². The summed E-state index contributed by atoms with van der Waals surface area (Å²) in [5, 5.41) is 17.9. The Labute approximate surface area is 60.9 Å². The van der Waals surface area contributed by atoms with Gasteiger partial charge in [0.25, 0.3) is 0 Å². The molecular formula is C7H14O3. The molecule has 0 aromatic carbocycles. The highest BCUT2D eigenvalue weighted by Crippen LogP contribution is 1.99. The number of hydrogen-bond donors (Lipinski definition) is 2. The average molecular weight is 146 g/mol. The molecule has 0 saturated carbocycles. The second-order valence-electron chi connectivity index (χ2n) is 1.99. The molecule has 3 nitrogen and oxygen atoms in total. The van der Waals surface area contributed by atoms with Gasteiger partial charge in [-0.3, -0.25) is 0 Å². The van der Waals surface area contributed by atoms with Crippen molar-refractivity contribution in [3.05, 3.63) is 12.7 Å². The third-order valence-corrected chi connectivity index (χ3v) is 1.13. The van der Waals surface area contributed by atoms with Gasteiger partial charge in [0.15, 0.2) is 6.29 Å². The first kappa shape index (κ1) is 9.62. The fourth-order valence-corrected chi connectivity index (χ4v) is 0.479. The smallest absolute Gasteiger partial charge is 0.181 e. The molecule has 0 heterocycles. The molecule has 0 aliphatic heterocycles. The van der Waals surface area contributed by atoms with Gasteiger partial charge in [-0.05, 0) is 6.42 Å². The lowest BCUT2D eigenvalue weighted by Gasteiger charge is -2.15. The van der Waals surface area contributed by atoms with Crippen LogP contribution in [0.4, 0.5) is 0 Å². The van der Waals surface area contributed by atoms with E-state index >= 15 is 0 Å². The average Bonchev–Trinajstić information content (AvgIpc) is 1.98. The molecule has 0 aliphatic carbocycles. The molecule has 0 aliphatic rings. The summed E-state index contributed by atoms with van der Waals surface area (Å²) in [6, 6.07) is 0. The highest BCUT2D eigenvalue weighted by atomic mass is 16.6. The SMILES string of the molecule is C=CCOC(O)C(O)CC. The zero-order valence-electron chi connectivity index (χ0n) is 6.16. The Morgan fingerprint density at radius 1 is 1.60 bits per heavy atom. The van der Waals surface area contributed by atoms with Gasteiger partial charge in [-0.1, -0.05) is 13.0 Å². The van der Waals surface area contributed by atoms with Crippen LogP contribution in [0, 0.1) is 0 Å². The lowest BCUT2D eigenvalue weighted by molar-refractivity contribution is -0.154. The van der Waals surface area contributed by atoms with Crippen molar-refractivity contribution in [1.82, 2.24) is 0 Å². The van der Waals surface area contributed by atoms with Crippen LogP contribution in [0.15, 0.2) is 12.7 Å². The molecule has 60 valence electrons. The van der Waals surface area contributed by atoms with Crippen molar-refractivity contribution in [3.63, 3.8) is 0 Å². The summed E-state index contributed by atoms with van der Waals surface area (Å²) in [6.07, 6.45) is 0.132. The Balaban J connectivity index is 3.40. The van der Waals surface area contributed by atoms with Gasteiger partial charge in [-0.2, -0.15) is 0 Å². The van der Waals surface area contributed by atoms with E-state index in [1.54, 1.807) is 6.92 Å². The first-order valence-corrected chi connectivity index (χ1v) is 3.31. The van der Waals surface area contributed by atoms with Crippen LogP contribution in [0.5, 0.6) is 0 Å². The van der Waals surface area contributed by atoms with E-state index in [0.29, 0.717) is 6.42 Å². The molecule has 0 aromatic rings. The largest absolute Gasteiger partial charge is 0.388 e. The van der Waals surface area contributed by atoms with Crippen molar-refractivity contribution in [3.8, 4) is 0 Å². The Bertz CT molecular complexity index is 92.9. The fraction of sp³-hybridized carbons (Fsp3) is 0.714. The van der Waals surface area contributed by atoms with Crippen molar-refractivity contribution in [2.75, 3.05) is 6.61 Å². The molecule has 0 amide bonds. The van der Waals surface area contributed by atoms with Gasteiger partial charge < -0.3 is 14.9 Å². The maximum atomic E-state index is 8.94. The molecular weight excluding hydrogens is 132 g/mol. The van der Waals surface area contributed by atoms with E-state index in [2.05, 4.69) is 6.58 Å². The summed E-state index contributed by atoms with van der Waals surface area (Å²) >= 11 is 0. The number of rotatable bonds is 5. The number of aliphatic hydroxyl groups is 2. The van der Waals surface area contributed by atoms with Crippen LogP contribution < -0.4 is 0 Å². The number of hydrogen-bond acceptors (Lipinski definition) is 3. The van der Waals surface area contributed by atoms with E-state index < -0.39 is 12.4 Å². The molecule has 0 bridgehead atoms. The van der Waals surface area contributed by atoms with Crippen molar-refractivity contribution in [2.24, 2.45) is 0 Å². The van der Waals surface area contributed by atoms with Crippen LogP contribution in [0.3, 0.4) is 0 Å². The lowest BCUT2D eigenvalue weighted by atomic mass is 10.3. The van der Waals surface area contributed by atoms with Gasteiger partial charge in [0.05, 0.1) is 6.61 Å². The standard InChI is InChI=1S/C7H14O3/c1-3-5-10-7(9)6(8)4-2/h3,6-9H,1,4-5H2,2H3. The number of ether oxygens (including phenoxy) is 1. The maximum Gasteiger partial charge on any atom is 0.181 e. The molecule has 0 aromatic heterocycles. The number of aliphatic hydroxyl groups excluding tert-OH is 2. The van der Waals surface area contributed by atoms with Crippen molar-refractivity contribution in [1.29, 1.82) is 0 Å². The molecule has 0 spiro atoms. The molecule has 2 atom stereocenters. The fourth-order valence-electron chi connectivity index (χ4n) is 0.479. The summed E-state index contributed by atoms with van der Waals surface area (Å²) in [7, 11) is 0. The topological polar surface area (TPSA) is 49.7 Å². The maximum absolute atomic E-state index is 8.94. The highest BCUT2D eigenvalue weighted by molar-refractivity contribution is 4.65. The normalized spacial score (nSPS) is 16.3. The zero-order chi connectivity index (χ0) is 7.98. The highest BCUT2D eigenvalue weighted by Gasteiger charge is 2.12. The second-order valence-corrected chi connectivity index (χ2v) is 1.99. The van der Waals surface area contributed by atoms with Crippen LogP contribution in [-0.4, -0.2) is 29.2 Å². The van der Waals surface area contributed by atoms with Gasteiger partial charge >= 0.3 is 0 Å². The van der Waals surface area contributed by atoms with E-state index in [9.17, 15) is 0 Å². The van der Waals surface area contributed by atoms with Crippen LogP contribution in [0.2, 0.25) is 0 Å². The third kappa shape index (κ3) is 3.61. The zero-order valence-corrected chi connectivity index (χ0v) is 6.16. The quantitative estimate of drug-likeness (QED) is 0.432. The Morgan fingerprint density at radius 3 is 2.60 bits per heavy atom. The monoisotopic (exact) mass is 146 g/mol. The summed E-state index contributed by atoms with van der Waals surface area (Å²) in [6.45, 7) is 5.43. The molecule has 0 rings (SSSR count). The van der Waals surface area contributed by atoms with E-state index in [-0.39, 0.29) is 6.61 Å². The van der Waals surface area contributed by atoms with Gasteiger partial charge in [0, 0.05) is 0 Å². The Kier molecular flexibility index (Phi) is 5.20. The molecule has 0 saturated heterocycles. The minimum Gasteiger partial charge on any atom is -0.388 e. The third-order valence-electron chi connectivity index (χ3n) is 1.13. The molecule has 3 heteroatoms. The second kappa shape index (κ2) is 5.41.